The third-order valence-electron chi connectivity index (χ3n) is 7.51. The molecule has 3 aromatic carbocycles. The van der Waals surface area contributed by atoms with Gasteiger partial charge in [-0.1, -0.05) is 30.3 Å². The molecule has 5 aromatic rings. The lowest BCUT2D eigenvalue weighted by Crippen LogP contribution is -2.49. The summed E-state index contributed by atoms with van der Waals surface area (Å²) in [6.07, 6.45) is 0.762. The molecule has 6 rings (SSSR count). The normalized spacial score (nSPS) is 14.9. The van der Waals surface area contributed by atoms with E-state index in [1.807, 2.05) is 47.1 Å². The van der Waals surface area contributed by atoms with Crippen molar-refractivity contribution >= 4 is 16.6 Å². The number of aromatic nitrogens is 5. The molecule has 40 heavy (non-hydrogen) atoms. The summed E-state index contributed by atoms with van der Waals surface area (Å²) in [5, 5.41) is 13.7. The van der Waals surface area contributed by atoms with E-state index in [1.165, 1.54) is 17.7 Å². The Morgan fingerprint density at radius 3 is 2.50 bits per heavy atom. The molecule has 1 saturated heterocycles. The van der Waals surface area contributed by atoms with E-state index in [4.69, 9.17) is 4.74 Å². The van der Waals surface area contributed by atoms with Crippen molar-refractivity contribution in [2.24, 2.45) is 0 Å². The largest absolute Gasteiger partial charge is 0.497 e. The van der Waals surface area contributed by atoms with Crippen molar-refractivity contribution in [3.8, 4) is 5.75 Å². The van der Waals surface area contributed by atoms with Gasteiger partial charge in [-0.15, -0.1) is 5.10 Å². The Hall–Kier alpha value is -4.57. The summed E-state index contributed by atoms with van der Waals surface area (Å²) in [5.41, 5.74) is 3.26. The van der Waals surface area contributed by atoms with Crippen molar-refractivity contribution in [3.05, 3.63) is 112 Å². The number of nitrogens with one attached hydrogen (secondary N) is 1. The van der Waals surface area contributed by atoms with Crippen LogP contribution in [0.25, 0.3) is 10.9 Å². The molecule has 0 radical (unpaired) electrons. The van der Waals surface area contributed by atoms with Crippen LogP contribution in [0, 0.1) is 5.82 Å². The van der Waals surface area contributed by atoms with Crippen molar-refractivity contribution in [1.82, 2.24) is 30.1 Å². The zero-order chi connectivity index (χ0) is 27.5. The Labute approximate surface area is 230 Å². The van der Waals surface area contributed by atoms with Gasteiger partial charge in [-0.2, -0.15) is 0 Å². The van der Waals surface area contributed by atoms with Gasteiger partial charge in [-0.05, 0) is 70.3 Å². The highest BCUT2D eigenvalue weighted by molar-refractivity contribution is 5.80. The van der Waals surface area contributed by atoms with E-state index >= 15 is 0 Å². The summed E-state index contributed by atoms with van der Waals surface area (Å²) in [6, 6.07) is 23.9. The van der Waals surface area contributed by atoms with Gasteiger partial charge in [0, 0.05) is 50.0 Å². The maximum absolute atomic E-state index is 13.6. The van der Waals surface area contributed by atoms with Gasteiger partial charge >= 0.3 is 0 Å². The molecule has 0 unspecified atom stereocenters. The van der Waals surface area contributed by atoms with Gasteiger partial charge in [0.2, 0.25) is 0 Å². The number of ether oxygens (including phenoxy) is 1. The fraction of sp³-hybridized carbons (Fsp3) is 0.267. The lowest BCUT2D eigenvalue weighted by atomic mass is 10.0. The lowest BCUT2D eigenvalue weighted by Gasteiger charge is -2.39. The van der Waals surface area contributed by atoms with Gasteiger partial charge in [-0.25, -0.2) is 9.07 Å². The van der Waals surface area contributed by atoms with E-state index in [-0.39, 0.29) is 11.4 Å². The van der Waals surface area contributed by atoms with Crippen LogP contribution in [0.5, 0.6) is 5.75 Å². The number of hydrogen-bond acceptors (Lipinski definition) is 7. The summed E-state index contributed by atoms with van der Waals surface area (Å²) in [7, 11) is 1.60. The lowest BCUT2D eigenvalue weighted by molar-refractivity contribution is 0.199. The number of pyridine rings is 1. The number of benzene rings is 3. The Kier molecular flexibility index (Phi) is 7.24. The summed E-state index contributed by atoms with van der Waals surface area (Å²) in [4.78, 5) is 21.1. The van der Waals surface area contributed by atoms with Crippen molar-refractivity contribution < 1.29 is 9.13 Å². The minimum atomic E-state index is -0.448. The van der Waals surface area contributed by atoms with E-state index in [0.717, 1.165) is 30.6 Å². The molecule has 1 N–H and O–H groups in total. The number of piperazine rings is 1. The Morgan fingerprint density at radius 2 is 1.75 bits per heavy atom. The third kappa shape index (κ3) is 5.30. The maximum Gasteiger partial charge on any atom is 0.253 e. The molecule has 2 aromatic heterocycles. The molecular formula is C30H30FN7O2. The van der Waals surface area contributed by atoms with Crippen molar-refractivity contribution in [2.75, 3.05) is 38.2 Å². The standard InChI is InChI=1S/C30H30FN7O2/c1-40-25-12-7-22-19-26(30(39)32-27(22)20-25)28(29-33-34-35-38(29)14-13-21-5-3-2-4-6-21)37-17-15-36(16-18-37)24-10-8-23(31)9-11-24/h2-12,19-20,28H,13-18H2,1H3,(H,32,39)/t28-/m1/s1. The predicted molar refractivity (Wildman–Crippen MR) is 151 cm³/mol. The van der Waals surface area contributed by atoms with E-state index in [2.05, 4.69) is 42.4 Å². The molecule has 204 valence electrons. The Morgan fingerprint density at radius 1 is 0.975 bits per heavy atom. The average molecular weight is 540 g/mol. The zero-order valence-corrected chi connectivity index (χ0v) is 22.2. The first kappa shape index (κ1) is 25.7. The predicted octanol–water partition coefficient (Wildman–Crippen LogP) is 3.82. The number of fused-ring (bicyclic) bond motifs is 1. The maximum atomic E-state index is 13.6. The topological polar surface area (TPSA) is 92.2 Å². The quantitative estimate of drug-likeness (QED) is 0.321. The summed E-state index contributed by atoms with van der Waals surface area (Å²) < 4.78 is 20.6. The monoisotopic (exact) mass is 539 g/mol. The molecule has 9 nitrogen and oxygen atoms in total. The Balaban J connectivity index is 1.34. The first-order valence-corrected chi connectivity index (χ1v) is 13.3. The number of halogens is 1. The van der Waals surface area contributed by atoms with Crippen LogP contribution in [0.1, 0.15) is 23.0 Å². The van der Waals surface area contributed by atoms with Crippen molar-refractivity contribution in [2.45, 2.75) is 19.0 Å². The Bertz CT molecular complexity index is 1640. The van der Waals surface area contributed by atoms with Crippen LogP contribution in [0.4, 0.5) is 10.1 Å². The smallest absolute Gasteiger partial charge is 0.253 e. The number of hydrogen-bond donors (Lipinski definition) is 1. The molecule has 1 fully saturated rings. The number of aromatic amines is 1. The van der Waals surface area contributed by atoms with Crippen LogP contribution >= 0.6 is 0 Å². The number of aryl methyl sites for hydroxylation is 2. The molecule has 0 amide bonds. The highest BCUT2D eigenvalue weighted by atomic mass is 19.1. The fourth-order valence-electron chi connectivity index (χ4n) is 5.36. The molecule has 3 heterocycles. The van der Waals surface area contributed by atoms with Gasteiger partial charge in [0.25, 0.3) is 5.56 Å². The van der Waals surface area contributed by atoms with Crippen LogP contribution in [0.2, 0.25) is 0 Å². The van der Waals surface area contributed by atoms with Crippen LogP contribution in [0.15, 0.2) is 83.7 Å². The number of anilines is 1. The molecule has 10 heteroatoms. The average Bonchev–Trinajstić information content (AvgIpc) is 3.45. The molecule has 0 bridgehead atoms. The van der Waals surface area contributed by atoms with Gasteiger partial charge in [0.1, 0.15) is 17.6 Å². The summed E-state index contributed by atoms with van der Waals surface area (Å²) in [6.45, 7) is 3.37. The van der Waals surface area contributed by atoms with Gasteiger partial charge in [-0.3, -0.25) is 9.69 Å². The van der Waals surface area contributed by atoms with Crippen molar-refractivity contribution in [1.29, 1.82) is 0 Å². The molecule has 0 aliphatic carbocycles. The van der Waals surface area contributed by atoms with Crippen molar-refractivity contribution in [3.63, 3.8) is 0 Å². The minimum Gasteiger partial charge on any atom is -0.497 e. The SMILES string of the molecule is COc1ccc2cc([C@H](c3nnnn3CCc3ccccc3)N3CCN(c4ccc(F)cc4)CC3)c(=O)[nH]c2c1. The first-order valence-electron chi connectivity index (χ1n) is 13.3. The molecule has 0 spiro atoms. The van der Waals surface area contributed by atoms with Gasteiger partial charge < -0.3 is 14.6 Å². The second-order valence-corrected chi connectivity index (χ2v) is 9.90. The highest BCUT2D eigenvalue weighted by Crippen LogP contribution is 2.30. The van der Waals surface area contributed by atoms with E-state index < -0.39 is 6.04 Å². The zero-order valence-electron chi connectivity index (χ0n) is 22.2. The van der Waals surface area contributed by atoms with E-state index in [9.17, 15) is 9.18 Å². The minimum absolute atomic E-state index is 0.190. The van der Waals surface area contributed by atoms with Crippen LogP contribution < -0.4 is 15.2 Å². The molecule has 0 saturated carbocycles. The molecule has 1 atom stereocenters. The summed E-state index contributed by atoms with van der Waals surface area (Å²) >= 11 is 0. The number of rotatable bonds is 8. The molecule has 1 aliphatic heterocycles. The highest BCUT2D eigenvalue weighted by Gasteiger charge is 2.32. The second-order valence-electron chi connectivity index (χ2n) is 9.90. The van der Waals surface area contributed by atoms with Crippen LogP contribution in [0.3, 0.4) is 0 Å². The first-order chi connectivity index (χ1) is 19.6. The van der Waals surface area contributed by atoms with E-state index in [0.29, 0.717) is 42.3 Å². The van der Waals surface area contributed by atoms with Crippen LogP contribution in [-0.2, 0) is 13.0 Å². The van der Waals surface area contributed by atoms with Gasteiger partial charge in [0.05, 0.1) is 12.6 Å². The van der Waals surface area contributed by atoms with Crippen LogP contribution in [-0.4, -0.2) is 63.4 Å². The summed E-state index contributed by atoms with van der Waals surface area (Å²) in [5.74, 6) is 1.05. The molecular weight excluding hydrogens is 509 g/mol. The number of nitrogens with zero attached hydrogens (tertiary/aromatic N) is 6. The fourth-order valence-corrected chi connectivity index (χ4v) is 5.36. The number of tetrazole rings is 1. The second kappa shape index (κ2) is 11.3. The van der Waals surface area contributed by atoms with E-state index in [1.54, 1.807) is 19.2 Å². The number of H-pyrrole nitrogens is 1. The number of methoxy groups -OCH3 is 1. The third-order valence-corrected chi connectivity index (χ3v) is 7.51. The molecule has 1 aliphatic rings. The van der Waals surface area contributed by atoms with Gasteiger partial charge in [0.15, 0.2) is 5.82 Å².